The summed E-state index contributed by atoms with van der Waals surface area (Å²) in [6.45, 7) is 13.0. The molecule has 13 nitrogen and oxygen atoms in total. The summed E-state index contributed by atoms with van der Waals surface area (Å²) < 4.78 is 79.4. The quantitative estimate of drug-likeness (QED) is 0.148. The fourth-order valence-corrected chi connectivity index (χ4v) is 7.55. The summed E-state index contributed by atoms with van der Waals surface area (Å²) in [5.41, 5.74) is -1.08. The number of amides is 3. The van der Waals surface area contributed by atoms with E-state index in [0.717, 1.165) is 12.1 Å². The van der Waals surface area contributed by atoms with Gasteiger partial charge in [0.05, 0.1) is 10.5 Å². The third-order valence-corrected chi connectivity index (χ3v) is 10.4. The number of sulfonamides is 1. The van der Waals surface area contributed by atoms with Crippen LogP contribution in [0.3, 0.4) is 0 Å². The number of halogens is 4. The van der Waals surface area contributed by atoms with Crippen molar-refractivity contribution in [2.75, 3.05) is 42.9 Å². The van der Waals surface area contributed by atoms with E-state index in [4.69, 9.17) is 21.1 Å². The summed E-state index contributed by atoms with van der Waals surface area (Å²) in [5.74, 6) is -0.467. The highest BCUT2D eigenvalue weighted by Gasteiger charge is 2.36. The maximum absolute atomic E-state index is 13.6. The monoisotopic (exact) mass is 824 g/mol. The van der Waals surface area contributed by atoms with Gasteiger partial charge in [0.15, 0.2) is 0 Å². The lowest BCUT2D eigenvalue weighted by atomic mass is 10.1. The molecule has 1 saturated heterocycles. The molecule has 56 heavy (non-hydrogen) atoms. The first-order valence-corrected chi connectivity index (χ1v) is 19.7. The van der Waals surface area contributed by atoms with Crippen molar-refractivity contribution in [1.29, 1.82) is 0 Å². The van der Waals surface area contributed by atoms with E-state index in [9.17, 15) is 36.0 Å². The van der Waals surface area contributed by atoms with E-state index >= 15 is 0 Å². The van der Waals surface area contributed by atoms with Crippen molar-refractivity contribution in [2.24, 2.45) is 0 Å². The van der Waals surface area contributed by atoms with Crippen molar-refractivity contribution >= 4 is 51.2 Å². The van der Waals surface area contributed by atoms with Gasteiger partial charge >= 0.3 is 18.4 Å². The minimum atomic E-state index is -4.62. The highest BCUT2D eigenvalue weighted by Crippen LogP contribution is 2.34. The van der Waals surface area contributed by atoms with Crippen LogP contribution in [0.2, 0.25) is 5.15 Å². The maximum Gasteiger partial charge on any atom is 0.416 e. The van der Waals surface area contributed by atoms with Crippen LogP contribution in [0.5, 0.6) is 0 Å². The van der Waals surface area contributed by atoms with Gasteiger partial charge in [0.1, 0.15) is 22.2 Å². The van der Waals surface area contributed by atoms with Gasteiger partial charge in [-0.05, 0) is 109 Å². The summed E-state index contributed by atoms with van der Waals surface area (Å²) in [7, 11) is -4.01. The van der Waals surface area contributed by atoms with Crippen LogP contribution in [-0.2, 0) is 32.2 Å². The minimum absolute atomic E-state index is 0.00408. The van der Waals surface area contributed by atoms with E-state index in [1.807, 2.05) is 0 Å². The van der Waals surface area contributed by atoms with Crippen LogP contribution in [0.1, 0.15) is 76.4 Å². The molecule has 3 amide bonds. The number of alkyl halides is 3. The van der Waals surface area contributed by atoms with E-state index < -0.39 is 57.1 Å². The number of nitrogens with zero attached hydrogens (tertiary/aromatic N) is 4. The molecule has 2 aromatic carbocycles. The van der Waals surface area contributed by atoms with Crippen molar-refractivity contribution in [3.63, 3.8) is 0 Å². The Balaban J connectivity index is 1.39. The second-order valence-electron chi connectivity index (χ2n) is 15.3. The van der Waals surface area contributed by atoms with E-state index in [2.05, 4.69) is 15.6 Å². The van der Waals surface area contributed by atoms with Crippen LogP contribution in [0.4, 0.5) is 34.3 Å². The van der Waals surface area contributed by atoms with Crippen molar-refractivity contribution in [3.8, 4) is 0 Å². The van der Waals surface area contributed by atoms with E-state index in [-0.39, 0.29) is 60.7 Å². The fourth-order valence-electron chi connectivity index (χ4n) is 5.73. The molecular formula is C38H48ClF3N6O7S. The number of ether oxygens (including phenoxy) is 2. The summed E-state index contributed by atoms with van der Waals surface area (Å²) in [5, 5.41) is 5.12. The number of piperazine rings is 1. The molecule has 1 fully saturated rings. The van der Waals surface area contributed by atoms with Crippen LogP contribution < -0.4 is 15.5 Å². The summed E-state index contributed by atoms with van der Waals surface area (Å²) >= 11 is 5.86. The highest BCUT2D eigenvalue weighted by molar-refractivity contribution is 7.89. The lowest BCUT2D eigenvalue weighted by molar-refractivity contribution is -0.137. The number of anilines is 2. The highest BCUT2D eigenvalue weighted by atomic mass is 35.5. The van der Waals surface area contributed by atoms with E-state index in [1.54, 1.807) is 77.6 Å². The second kappa shape index (κ2) is 17.7. The maximum atomic E-state index is 13.6. The Kier molecular flexibility index (Phi) is 13.9. The Labute approximate surface area is 330 Å². The molecule has 0 spiro atoms. The average molecular weight is 825 g/mol. The largest absolute Gasteiger partial charge is 0.444 e. The third kappa shape index (κ3) is 12.7. The van der Waals surface area contributed by atoms with Gasteiger partial charge in [-0.2, -0.15) is 17.5 Å². The molecule has 1 aliphatic rings. The molecule has 1 aliphatic heterocycles. The molecule has 306 valence electrons. The van der Waals surface area contributed by atoms with Gasteiger partial charge in [0.25, 0.3) is 5.91 Å². The minimum Gasteiger partial charge on any atom is -0.444 e. The molecule has 0 bridgehead atoms. The number of rotatable bonds is 11. The molecule has 0 aliphatic carbocycles. The first-order valence-electron chi connectivity index (χ1n) is 17.9. The molecule has 18 heteroatoms. The number of benzene rings is 2. The third-order valence-electron chi connectivity index (χ3n) is 8.20. The molecular weight excluding hydrogens is 777 g/mol. The van der Waals surface area contributed by atoms with Gasteiger partial charge in [0.2, 0.25) is 10.0 Å². The Morgan fingerprint density at radius 2 is 1.61 bits per heavy atom. The predicted octanol–water partition coefficient (Wildman–Crippen LogP) is 7.56. The van der Waals surface area contributed by atoms with Gasteiger partial charge in [-0.15, -0.1) is 0 Å². The average Bonchev–Trinajstić information content (AvgIpc) is 3.07. The van der Waals surface area contributed by atoms with Crippen LogP contribution in [0.25, 0.3) is 0 Å². The molecule has 1 aromatic heterocycles. The summed E-state index contributed by atoms with van der Waals surface area (Å²) in [4.78, 5) is 45.5. The van der Waals surface area contributed by atoms with E-state index in [1.165, 1.54) is 33.5 Å². The predicted molar refractivity (Wildman–Crippen MR) is 206 cm³/mol. The van der Waals surface area contributed by atoms with Crippen LogP contribution in [0.15, 0.2) is 65.6 Å². The number of aromatic nitrogens is 1. The Bertz CT molecular complexity index is 1990. The van der Waals surface area contributed by atoms with Gasteiger partial charge in [-0.1, -0.05) is 23.7 Å². The summed E-state index contributed by atoms with van der Waals surface area (Å²) in [6.07, 6.45) is -5.34. The van der Waals surface area contributed by atoms with Crippen molar-refractivity contribution < 1.29 is 45.4 Å². The first-order chi connectivity index (χ1) is 25.9. The SMILES string of the molecule is CC1CN(c2cc(C(F)(F)F)cc(Cl)n2)CCN1S(=O)(=O)c1ccc(NC(=O)c2cccc(CN(CCCNC(=O)OC(C)(C)C)C(=O)OC(C)(C)C)c2)cc1. The molecule has 3 aromatic rings. The number of alkyl carbamates (subject to hydrolysis) is 1. The topological polar surface area (TPSA) is 150 Å². The number of carbonyl (C=O) groups is 3. The molecule has 1 atom stereocenters. The number of pyridine rings is 1. The Morgan fingerprint density at radius 1 is 0.946 bits per heavy atom. The lowest BCUT2D eigenvalue weighted by Gasteiger charge is -2.39. The van der Waals surface area contributed by atoms with Crippen LogP contribution >= 0.6 is 11.6 Å². The van der Waals surface area contributed by atoms with Crippen molar-refractivity contribution in [3.05, 3.63) is 82.5 Å². The van der Waals surface area contributed by atoms with Crippen LogP contribution in [0, 0.1) is 0 Å². The van der Waals surface area contributed by atoms with Crippen LogP contribution in [-0.4, -0.2) is 90.7 Å². The molecule has 0 saturated carbocycles. The number of hydrogen-bond acceptors (Lipinski definition) is 9. The second-order valence-corrected chi connectivity index (χ2v) is 17.6. The van der Waals surface area contributed by atoms with Crippen molar-refractivity contribution in [1.82, 2.24) is 19.5 Å². The lowest BCUT2D eigenvalue weighted by Crippen LogP contribution is -2.54. The zero-order valence-electron chi connectivity index (χ0n) is 32.4. The first kappa shape index (κ1) is 44.1. The van der Waals surface area contributed by atoms with Gasteiger partial charge in [-0.25, -0.2) is 23.0 Å². The normalized spacial score (nSPS) is 15.6. The smallest absolute Gasteiger partial charge is 0.416 e. The molecule has 1 unspecified atom stereocenters. The Hall–Kier alpha value is -4.61. The number of carbonyl (C=O) groups excluding carboxylic acids is 3. The van der Waals surface area contributed by atoms with Crippen molar-refractivity contribution in [2.45, 2.75) is 89.7 Å². The van der Waals surface area contributed by atoms with E-state index in [0.29, 0.717) is 17.7 Å². The molecule has 2 heterocycles. The van der Waals surface area contributed by atoms with Gasteiger partial charge < -0.3 is 29.9 Å². The van der Waals surface area contributed by atoms with Gasteiger partial charge in [0, 0.05) is 56.6 Å². The molecule has 2 N–H and O–H groups in total. The fraction of sp³-hybridized carbons (Fsp3) is 0.474. The zero-order valence-corrected chi connectivity index (χ0v) is 33.9. The zero-order chi connectivity index (χ0) is 41.6. The molecule has 4 rings (SSSR count). The summed E-state index contributed by atoms with van der Waals surface area (Å²) in [6, 6.07) is 13.3. The number of hydrogen-bond donors (Lipinski definition) is 2. The standard InChI is InChI=1S/C38H48ClF3N6O7S/c1-25-23-46(32-22-28(38(40,41)42)21-31(39)45-32)18-19-48(25)56(52,53)30-14-12-29(13-15-30)44-33(49)27-11-8-10-26(20-27)24-47(35(51)55-37(5,6)7)17-9-16-43-34(50)54-36(2,3)4/h8,10-15,20-22,25H,9,16-19,23-24H2,1-7H3,(H,43,50)(H,44,49). The number of nitrogens with one attached hydrogen (secondary N) is 2. The van der Waals surface area contributed by atoms with Gasteiger partial charge in [-0.3, -0.25) is 4.79 Å². The Morgan fingerprint density at radius 3 is 2.21 bits per heavy atom. The molecule has 0 radical (unpaired) electrons.